The summed E-state index contributed by atoms with van der Waals surface area (Å²) in [7, 11) is 0. The van der Waals surface area contributed by atoms with Gasteiger partial charge in [0.2, 0.25) is 0 Å². The summed E-state index contributed by atoms with van der Waals surface area (Å²) in [5, 5.41) is 0. The first-order valence-electron chi connectivity index (χ1n) is 6.73. The largest absolute Gasteiger partial charge is 0.486 e. The van der Waals surface area contributed by atoms with Gasteiger partial charge in [-0.05, 0) is 24.3 Å². The van der Waals surface area contributed by atoms with Crippen LogP contribution < -0.4 is 14.4 Å². The van der Waals surface area contributed by atoms with Crippen molar-refractivity contribution in [2.24, 2.45) is 0 Å². The normalized spacial score (nSPS) is 22.4. The van der Waals surface area contributed by atoms with Crippen LogP contribution in [0.25, 0.3) is 0 Å². The maximum atomic E-state index is 13.9. The van der Waals surface area contributed by atoms with Crippen molar-refractivity contribution < 1.29 is 27.5 Å². The van der Waals surface area contributed by atoms with Gasteiger partial charge in [-0.1, -0.05) is 0 Å². The Bertz CT molecular complexity index is 729. The number of carbonyl (C=O) groups excluding carboxylic acids is 1. The smallest absolute Gasteiger partial charge is 0.352 e. The fraction of sp³-hybridized carbons (Fsp3) is 0.267. The first kappa shape index (κ1) is 13.1. The molecule has 1 fully saturated rings. The SMILES string of the molecule is O=C1N(c2ccc3c(c2)OCCO3)[C@@H](c2ccco2)C1(F)F. The molecule has 2 aromatic rings. The first-order valence-corrected chi connectivity index (χ1v) is 6.73. The van der Waals surface area contributed by atoms with E-state index < -0.39 is 17.9 Å². The highest BCUT2D eigenvalue weighted by molar-refractivity contribution is 6.07. The zero-order chi connectivity index (χ0) is 15.3. The number of halogens is 2. The van der Waals surface area contributed by atoms with E-state index >= 15 is 0 Å². The van der Waals surface area contributed by atoms with Crippen LogP contribution in [0.2, 0.25) is 0 Å². The molecule has 0 unspecified atom stereocenters. The van der Waals surface area contributed by atoms with Gasteiger partial charge in [0.05, 0.1) is 6.26 Å². The minimum absolute atomic E-state index is 0.0412. The molecule has 2 aliphatic heterocycles. The molecular formula is C15H11F2NO4. The minimum atomic E-state index is -3.48. The van der Waals surface area contributed by atoms with Gasteiger partial charge in [0.15, 0.2) is 17.5 Å². The Morgan fingerprint density at radius 2 is 1.91 bits per heavy atom. The Kier molecular flexibility index (Phi) is 2.66. The lowest BCUT2D eigenvalue weighted by molar-refractivity contribution is -0.164. The van der Waals surface area contributed by atoms with Crippen molar-refractivity contribution in [1.82, 2.24) is 0 Å². The molecule has 1 atom stereocenters. The van der Waals surface area contributed by atoms with E-state index in [4.69, 9.17) is 13.9 Å². The molecule has 3 heterocycles. The topological polar surface area (TPSA) is 51.9 Å². The number of amides is 1. The van der Waals surface area contributed by atoms with Crippen molar-refractivity contribution in [3.05, 3.63) is 42.4 Å². The Balaban J connectivity index is 1.73. The Hall–Kier alpha value is -2.57. The third kappa shape index (κ3) is 1.71. The molecule has 4 rings (SSSR count). The molecule has 1 aromatic heterocycles. The highest BCUT2D eigenvalue weighted by atomic mass is 19.3. The summed E-state index contributed by atoms with van der Waals surface area (Å²) < 4.78 is 43.7. The van der Waals surface area contributed by atoms with Gasteiger partial charge in [0, 0.05) is 11.8 Å². The molecule has 114 valence electrons. The van der Waals surface area contributed by atoms with Gasteiger partial charge in [0.25, 0.3) is 0 Å². The van der Waals surface area contributed by atoms with Gasteiger partial charge in [-0.3, -0.25) is 9.69 Å². The maximum Gasteiger partial charge on any atom is 0.352 e. The summed E-state index contributed by atoms with van der Waals surface area (Å²) in [5.74, 6) is -3.73. The van der Waals surface area contributed by atoms with Gasteiger partial charge in [0.1, 0.15) is 19.0 Å². The van der Waals surface area contributed by atoms with E-state index in [2.05, 4.69) is 0 Å². The molecule has 0 aliphatic carbocycles. The average Bonchev–Trinajstić information content (AvgIpc) is 3.04. The molecule has 1 saturated heterocycles. The molecular weight excluding hydrogens is 296 g/mol. The monoisotopic (exact) mass is 307 g/mol. The summed E-state index contributed by atoms with van der Waals surface area (Å²) in [6.45, 7) is 0.810. The molecule has 0 bridgehead atoms. The second kappa shape index (κ2) is 4.46. The molecule has 0 radical (unpaired) electrons. The number of hydrogen-bond acceptors (Lipinski definition) is 4. The number of β-lactam (4-membered cyclic amide) rings is 1. The van der Waals surface area contributed by atoms with E-state index in [1.54, 1.807) is 12.1 Å². The number of alkyl halides is 2. The van der Waals surface area contributed by atoms with Crippen molar-refractivity contribution in [2.75, 3.05) is 18.1 Å². The predicted molar refractivity (Wildman–Crippen MR) is 71.3 cm³/mol. The molecule has 1 aromatic carbocycles. The second-order valence-electron chi connectivity index (χ2n) is 5.04. The lowest BCUT2D eigenvalue weighted by Crippen LogP contribution is -2.64. The number of benzene rings is 1. The molecule has 1 amide bonds. The fourth-order valence-electron chi connectivity index (χ4n) is 2.69. The van der Waals surface area contributed by atoms with E-state index in [9.17, 15) is 13.6 Å². The van der Waals surface area contributed by atoms with Gasteiger partial charge in [-0.2, -0.15) is 8.78 Å². The maximum absolute atomic E-state index is 13.9. The lowest BCUT2D eigenvalue weighted by Gasteiger charge is -2.45. The van der Waals surface area contributed by atoms with E-state index in [1.165, 1.54) is 24.5 Å². The highest BCUT2D eigenvalue weighted by Crippen LogP contribution is 2.50. The zero-order valence-corrected chi connectivity index (χ0v) is 11.3. The standard InChI is InChI=1S/C15H11F2NO4/c16-15(17)13(11-2-1-5-20-11)18(14(15)19)9-3-4-10-12(8-9)22-7-6-21-10/h1-5,8,13H,6-7H2/t13-/m0/s1. The quantitative estimate of drug-likeness (QED) is 0.801. The van der Waals surface area contributed by atoms with Crippen LogP contribution >= 0.6 is 0 Å². The Labute approximate surface area is 124 Å². The van der Waals surface area contributed by atoms with E-state index in [-0.39, 0.29) is 5.76 Å². The van der Waals surface area contributed by atoms with Crippen LogP contribution in [0.3, 0.4) is 0 Å². The van der Waals surface area contributed by atoms with Crippen LogP contribution in [0.15, 0.2) is 41.0 Å². The zero-order valence-electron chi connectivity index (χ0n) is 11.3. The van der Waals surface area contributed by atoms with Crippen molar-refractivity contribution in [3.8, 4) is 11.5 Å². The summed E-state index contributed by atoms with van der Waals surface area (Å²) >= 11 is 0. The lowest BCUT2D eigenvalue weighted by atomic mass is 9.93. The van der Waals surface area contributed by atoms with Crippen molar-refractivity contribution in [2.45, 2.75) is 12.0 Å². The first-order chi connectivity index (χ1) is 10.6. The van der Waals surface area contributed by atoms with Crippen LogP contribution in [-0.4, -0.2) is 25.0 Å². The minimum Gasteiger partial charge on any atom is -0.486 e. The van der Waals surface area contributed by atoms with Crippen LogP contribution in [0.5, 0.6) is 11.5 Å². The number of hydrogen-bond donors (Lipinski definition) is 0. The molecule has 7 heteroatoms. The Morgan fingerprint density at radius 3 is 2.64 bits per heavy atom. The molecule has 5 nitrogen and oxygen atoms in total. The summed E-state index contributed by atoms with van der Waals surface area (Å²) in [6.07, 6.45) is 1.30. The Morgan fingerprint density at radius 1 is 1.14 bits per heavy atom. The number of ether oxygens (including phenoxy) is 2. The van der Waals surface area contributed by atoms with E-state index in [0.717, 1.165) is 4.90 Å². The van der Waals surface area contributed by atoms with Gasteiger partial charge < -0.3 is 13.9 Å². The molecule has 0 saturated carbocycles. The number of nitrogens with zero attached hydrogens (tertiary/aromatic N) is 1. The summed E-state index contributed by atoms with van der Waals surface area (Å²) in [4.78, 5) is 12.8. The molecule has 0 spiro atoms. The van der Waals surface area contributed by atoms with Gasteiger partial charge in [-0.25, -0.2) is 0 Å². The summed E-state index contributed by atoms with van der Waals surface area (Å²) in [5.41, 5.74) is 0.321. The van der Waals surface area contributed by atoms with Crippen LogP contribution in [0.4, 0.5) is 14.5 Å². The summed E-state index contributed by atoms with van der Waals surface area (Å²) in [6, 6.07) is 6.17. The third-order valence-electron chi connectivity index (χ3n) is 3.72. The predicted octanol–water partition coefficient (Wildman–Crippen LogP) is 2.77. The molecule has 2 aliphatic rings. The average molecular weight is 307 g/mol. The number of fused-ring (bicyclic) bond motifs is 1. The van der Waals surface area contributed by atoms with Crippen molar-refractivity contribution in [1.29, 1.82) is 0 Å². The van der Waals surface area contributed by atoms with Crippen LogP contribution in [0.1, 0.15) is 11.8 Å². The number of anilines is 1. The second-order valence-corrected chi connectivity index (χ2v) is 5.04. The highest BCUT2D eigenvalue weighted by Gasteiger charge is 2.66. The number of rotatable bonds is 2. The fourth-order valence-corrected chi connectivity index (χ4v) is 2.69. The van der Waals surface area contributed by atoms with Gasteiger partial charge in [-0.15, -0.1) is 0 Å². The van der Waals surface area contributed by atoms with Gasteiger partial charge >= 0.3 is 11.8 Å². The molecule has 22 heavy (non-hydrogen) atoms. The van der Waals surface area contributed by atoms with Crippen molar-refractivity contribution in [3.63, 3.8) is 0 Å². The van der Waals surface area contributed by atoms with E-state index in [0.29, 0.717) is 30.4 Å². The van der Waals surface area contributed by atoms with Crippen molar-refractivity contribution >= 4 is 11.6 Å². The molecule has 0 N–H and O–H groups in total. The van der Waals surface area contributed by atoms with Crippen LogP contribution in [0, 0.1) is 0 Å². The van der Waals surface area contributed by atoms with Crippen LogP contribution in [-0.2, 0) is 4.79 Å². The third-order valence-corrected chi connectivity index (χ3v) is 3.72. The number of carbonyl (C=O) groups is 1. The van der Waals surface area contributed by atoms with E-state index in [1.807, 2.05) is 0 Å². The number of furan rings is 1.